The number of nitrogens with two attached hydrogens (primary N) is 1. The Balaban J connectivity index is 1.94. The molecular weight excluding hydrogens is 222 g/mol. The zero-order valence-electron chi connectivity index (χ0n) is 9.11. The molecule has 0 atom stereocenters. The minimum Gasteiger partial charge on any atom is -0.352 e. The maximum atomic E-state index is 10.4. The molecule has 1 aromatic rings. The Bertz CT molecular complexity index is 305. The van der Waals surface area contributed by atoms with E-state index in [1.807, 2.05) is 30.0 Å². The summed E-state index contributed by atoms with van der Waals surface area (Å²) >= 11 is 1.81. The summed E-state index contributed by atoms with van der Waals surface area (Å²) < 4.78 is 0. The van der Waals surface area contributed by atoms with Gasteiger partial charge in [0.15, 0.2) is 0 Å². The highest BCUT2D eigenvalue weighted by Gasteiger charge is 1.93. The van der Waals surface area contributed by atoms with E-state index in [-0.39, 0.29) is 0 Å². The summed E-state index contributed by atoms with van der Waals surface area (Å²) in [5, 5.41) is 5.74. The fourth-order valence-corrected chi connectivity index (χ4v) is 1.99. The van der Waals surface area contributed by atoms with E-state index >= 15 is 0 Å². The van der Waals surface area contributed by atoms with Crippen LogP contribution < -0.4 is 16.4 Å². The van der Waals surface area contributed by atoms with E-state index in [2.05, 4.69) is 22.8 Å². The number of hydrogen-bond donors (Lipinski definition) is 3. The molecule has 4 nitrogen and oxygen atoms in total. The first-order chi connectivity index (χ1) is 7.79. The summed E-state index contributed by atoms with van der Waals surface area (Å²) in [7, 11) is 0. The number of benzene rings is 1. The van der Waals surface area contributed by atoms with Gasteiger partial charge in [-0.25, -0.2) is 4.79 Å². The minimum absolute atomic E-state index is 0.472. The largest absolute Gasteiger partial charge is 0.352 e. The molecule has 0 aliphatic carbocycles. The van der Waals surface area contributed by atoms with Crippen molar-refractivity contribution in [3.05, 3.63) is 30.3 Å². The van der Waals surface area contributed by atoms with Gasteiger partial charge in [0.25, 0.3) is 0 Å². The molecule has 0 saturated heterocycles. The van der Waals surface area contributed by atoms with Gasteiger partial charge in [-0.15, -0.1) is 11.8 Å². The van der Waals surface area contributed by atoms with Crippen LogP contribution in [0.15, 0.2) is 35.2 Å². The fraction of sp³-hybridized carbons (Fsp3) is 0.364. The van der Waals surface area contributed by atoms with Crippen LogP contribution in [-0.2, 0) is 0 Å². The highest BCUT2D eigenvalue weighted by Crippen LogP contribution is 2.15. The van der Waals surface area contributed by atoms with Crippen LogP contribution in [0.3, 0.4) is 0 Å². The first-order valence-corrected chi connectivity index (χ1v) is 6.19. The molecule has 1 rings (SSSR count). The molecule has 0 spiro atoms. The number of urea groups is 1. The first kappa shape index (κ1) is 12.9. The lowest BCUT2D eigenvalue weighted by Gasteiger charge is -2.04. The second-order valence-electron chi connectivity index (χ2n) is 3.20. The molecule has 1 aromatic carbocycles. The second-order valence-corrected chi connectivity index (χ2v) is 4.37. The lowest BCUT2D eigenvalue weighted by Crippen LogP contribution is -2.35. The number of thioether (sulfide) groups is 1. The Morgan fingerprint density at radius 3 is 2.62 bits per heavy atom. The van der Waals surface area contributed by atoms with E-state index in [9.17, 15) is 4.79 Å². The standard InChI is InChI=1S/C11H17N3OS/c12-11(15)14-7-6-13-8-9-16-10-4-2-1-3-5-10/h1-5,13H,6-9H2,(H3,12,14,15). The molecule has 4 N–H and O–H groups in total. The molecule has 88 valence electrons. The van der Waals surface area contributed by atoms with E-state index in [0.717, 1.165) is 18.8 Å². The van der Waals surface area contributed by atoms with Gasteiger partial charge >= 0.3 is 6.03 Å². The van der Waals surface area contributed by atoms with Crippen molar-refractivity contribution < 1.29 is 4.79 Å². The van der Waals surface area contributed by atoms with E-state index in [1.54, 1.807) is 0 Å². The average Bonchev–Trinajstić information content (AvgIpc) is 2.29. The lowest BCUT2D eigenvalue weighted by molar-refractivity contribution is 0.249. The van der Waals surface area contributed by atoms with Crippen LogP contribution in [-0.4, -0.2) is 31.4 Å². The van der Waals surface area contributed by atoms with E-state index in [0.29, 0.717) is 6.54 Å². The third-order valence-electron chi connectivity index (χ3n) is 1.89. The summed E-state index contributed by atoms with van der Waals surface area (Å²) in [5.74, 6) is 1.01. The summed E-state index contributed by atoms with van der Waals surface area (Å²) in [6, 6.07) is 9.80. The Kier molecular flexibility index (Phi) is 6.44. The third-order valence-corrected chi connectivity index (χ3v) is 2.91. The molecule has 0 aliphatic rings. The quantitative estimate of drug-likeness (QED) is 0.492. The first-order valence-electron chi connectivity index (χ1n) is 5.21. The molecule has 0 heterocycles. The SMILES string of the molecule is NC(=O)NCCNCCSc1ccccc1. The summed E-state index contributed by atoms with van der Waals surface area (Å²) in [5.41, 5.74) is 4.93. The molecule has 0 saturated carbocycles. The Morgan fingerprint density at radius 1 is 1.19 bits per heavy atom. The Hall–Kier alpha value is -1.20. The van der Waals surface area contributed by atoms with Crippen LogP contribution in [0, 0.1) is 0 Å². The van der Waals surface area contributed by atoms with Gasteiger partial charge in [-0.2, -0.15) is 0 Å². The van der Waals surface area contributed by atoms with Crippen LogP contribution in [0.2, 0.25) is 0 Å². The number of carbonyl (C=O) groups is 1. The van der Waals surface area contributed by atoms with Crippen molar-refractivity contribution in [2.24, 2.45) is 5.73 Å². The number of amides is 2. The van der Waals surface area contributed by atoms with Gasteiger partial charge in [0.05, 0.1) is 0 Å². The molecule has 0 radical (unpaired) electrons. The van der Waals surface area contributed by atoms with E-state index in [4.69, 9.17) is 5.73 Å². The van der Waals surface area contributed by atoms with Crippen molar-refractivity contribution in [2.75, 3.05) is 25.4 Å². The van der Waals surface area contributed by atoms with Crippen molar-refractivity contribution in [2.45, 2.75) is 4.90 Å². The predicted molar refractivity (Wildman–Crippen MR) is 67.6 cm³/mol. The van der Waals surface area contributed by atoms with Gasteiger partial charge in [0, 0.05) is 30.3 Å². The minimum atomic E-state index is -0.472. The fourth-order valence-electron chi connectivity index (χ4n) is 1.16. The Labute approximate surface area is 100.0 Å². The maximum Gasteiger partial charge on any atom is 0.312 e. The van der Waals surface area contributed by atoms with Crippen molar-refractivity contribution in [1.29, 1.82) is 0 Å². The van der Waals surface area contributed by atoms with Gasteiger partial charge in [0.1, 0.15) is 0 Å². The summed E-state index contributed by atoms with van der Waals surface area (Å²) in [6.07, 6.45) is 0. The topological polar surface area (TPSA) is 67.2 Å². The smallest absolute Gasteiger partial charge is 0.312 e. The van der Waals surface area contributed by atoms with E-state index < -0.39 is 6.03 Å². The van der Waals surface area contributed by atoms with Gasteiger partial charge in [-0.1, -0.05) is 18.2 Å². The Morgan fingerprint density at radius 2 is 1.94 bits per heavy atom. The molecule has 0 bridgehead atoms. The van der Waals surface area contributed by atoms with Gasteiger partial charge in [-0.05, 0) is 12.1 Å². The predicted octanol–water partition coefficient (Wildman–Crippen LogP) is 1.04. The number of primary amides is 1. The highest BCUT2D eigenvalue weighted by molar-refractivity contribution is 7.99. The summed E-state index contributed by atoms with van der Waals surface area (Å²) in [4.78, 5) is 11.6. The van der Waals surface area contributed by atoms with Crippen LogP contribution in [0.1, 0.15) is 0 Å². The van der Waals surface area contributed by atoms with Crippen molar-refractivity contribution in [3.8, 4) is 0 Å². The van der Waals surface area contributed by atoms with Crippen LogP contribution >= 0.6 is 11.8 Å². The average molecular weight is 239 g/mol. The van der Waals surface area contributed by atoms with Crippen molar-refractivity contribution >= 4 is 17.8 Å². The maximum absolute atomic E-state index is 10.4. The molecule has 0 fully saturated rings. The molecular formula is C11H17N3OS. The normalized spacial score (nSPS) is 10.0. The monoisotopic (exact) mass is 239 g/mol. The molecule has 0 aliphatic heterocycles. The third kappa shape index (κ3) is 6.31. The zero-order chi connectivity index (χ0) is 11.6. The highest BCUT2D eigenvalue weighted by atomic mass is 32.2. The van der Waals surface area contributed by atoms with Gasteiger partial charge < -0.3 is 16.4 Å². The summed E-state index contributed by atoms with van der Waals surface area (Å²) in [6.45, 7) is 2.24. The molecule has 0 aromatic heterocycles. The van der Waals surface area contributed by atoms with Crippen LogP contribution in [0.4, 0.5) is 4.79 Å². The second kappa shape index (κ2) is 8.01. The van der Waals surface area contributed by atoms with Crippen molar-refractivity contribution in [1.82, 2.24) is 10.6 Å². The molecule has 0 unspecified atom stereocenters. The van der Waals surface area contributed by atoms with E-state index in [1.165, 1.54) is 4.90 Å². The number of nitrogens with one attached hydrogen (secondary N) is 2. The van der Waals surface area contributed by atoms with Crippen molar-refractivity contribution in [3.63, 3.8) is 0 Å². The molecule has 5 heteroatoms. The lowest BCUT2D eigenvalue weighted by atomic mass is 10.4. The number of rotatable bonds is 7. The van der Waals surface area contributed by atoms with Crippen LogP contribution in [0.5, 0.6) is 0 Å². The number of hydrogen-bond acceptors (Lipinski definition) is 3. The van der Waals surface area contributed by atoms with Gasteiger partial charge in [-0.3, -0.25) is 0 Å². The van der Waals surface area contributed by atoms with Crippen LogP contribution in [0.25, 0.3) is 0 Å². The van der Waals surface area contributed by atoms with Gasteiger partial charge in [0.2, 0.25) is 0 Å². The molecule has 16 heavy (non-hydrogen) atoms. The molecule has 2 amide bonds. The zero-order valence-corrected chi connectivity index (χ0v) is 9.93. The number of carbonyl (C=O) groups excluding carboxylic acids is 1.